The molecule has 0 spiro atoms. The van der Waals surface area contributed by atoms with Gasteiger partial charge in [-0.05, 0) is 38.5 Å². The molecule has 0 fully saturated rings. The van der Waals surface area contributed by atoms with Gasteiger partial charge in [0.15, 0.2) is 0 Å². The molecule has 0 aliphatic heterocycles. The molecule has 0 heterocycles. The van der Waals surface area contributed by atoms with E-state index in [0.717, 1.165) is 0 Å². The molecular formula is C12H16FNO2. The van der Waals surface area contributed by atoms with E-state index in [2.05, 4.69) is 5.32 Å². The number of hydrogen-bond donors (Lipinski definition) is 1. The molecule has 0 radical (unpaired) electrons. The molecule has 88 valence electrons. The predicted molar refractivity (Wildman–Crippen MR) is 60.9 cm³/mol. The lowest BCUT2D eigenvalue weighted by molar-refractivity contribution is -0.121. The molecule has 1 rings (SSSR count). The lowest BCUT2D eigenvalue weighted by Gasteiger charge is -2.08. The van der Waals surface area contributed by atoms with Crippen molar-refractivity contribution in [2.45, 2.75) is 26.9 Å². The Morgan fingerprint density at radius 2 is 2.19 bits per heavy atom. The largest absolute Gasteiger partial charge is 0.369 e. The summed E-state index contributed by atoms with van der Waals surface area (Å²) in [6.45, 7) is 5.34. The number of anilines is 1. The summed E-state index contributed by atoms with van der Waals surface area (Å²) in [7, 11) is 0. The Morgan fingerprint density at radius 3 is 2.75 bits per heavy atom. The number of rotatable bonds is 4. The fourth-order valence-electron chi connectivity index (χ4n) is 1.11. The van der Waals surface area contributed by atoms with E-state index in [4.69, 9.17) is 4.74 Å². The first-order chi connectivity index (χ1) is 7.49. The maximum atomic E-state index is 13.2. The number of benzene rings is 1. The van der Waals surface area contributed by atoms with Gasteiger partial charge in [0, 0.05) is 5.69 Å². The number of amides is 1. The standard InChI is InChI=1S/C12H16FNO2/c1-8(2)16-7-12(15)14-10-5-4-9(3)11(13)6-10/h4-6,8H,7H2,1-3H3,(H,14,15). The number of halogens is 1. The average Bonchev–Trinajstić information content (AvgIpc) is 2.21. The van der Waals surface area contributed by atoms with Gasteiger partial charge in [-0.2, -0.15) is 0 Å². The van der Waals surface area contributed by atoms with E-state index in [1.807, 2.05) is 13.8 Å². The van der Waals surface area contributed by atoms with Crippen molar-refractivity contribution in [3.63, 3.8) is 0 Å². The highest BCUT2D eigenvalue weighted by atomic mass is 19.1. The van der Waals surface area contributed by atoms with E-state index < -0.39 is 0 Å². The van der Waals surface area contributed by atoms with Crippen LogP contribution in [0, 0.1) is 12.7 Å². The number of ether oxygens (including phenoxy) is 1. The topological polar surface area (TPSA) is 38.3 Å². The van der Waals surface area contributed by atoms with Gasteiger partial charge in [-0.1, -0.05) is 6.07 Å². The van der Waals surface area contributed by atoms with Gasteiger partial charge in [-0.3, -0.25) is 4.79 Å². The Hall–Kier alpha value is -1.42. The number of hydrogen-bond acceptors (Lipinski definition) is 2. The maximum absolute atomic E-state index is 13.2. The fraction of sp³-hybridized carbons (Fsp3) is 0.417. The molecule has 0 aliphatic rings. The minimum absolute atomic E-state index is 0.000467. The number of aryl methyl sites for hydroxylation is 1. The van der Waals surface area contributed by atoms with Gasteiger partial charge in [0.1, 0.15) is 12.4 Å². The molecule has 4 heteroatoms. The van der Waals surface area contributed by atoms with Crippen LogP contribution in [0.25, 0.3) is 0 Å². The van der Waals surface area contributed by atoms with Crippen LogP contribution in [0.3, 0.4) is 0 Å². The Morgan fingerprint density at radius 1 is 1.50 bits per heavy atom. The van der Waals surface area contributed by atoms with Crippen LogP contribution in [-0.2, 0) is 9.53 Å². The SMILES string of the molecule is Cc1ccc(NC(=O)COC(C)C)cc1F. The summed E-state index contributed by atoms with van der Waals surface area (Å²) in [4.78, 5) is 11.4. The Bertz CT molecular complexity index is 377. The van der Waals surface area contributed by atoms with Crippen LogP contribution in [0.4, 0.5) is 10.1 Å². The summed E-state index contributed by atoms with van der Waals surface area (Å²) in [6.07, 6.45) is 0.000467. The normalized spacial score (nSPS) is 10.6. The van der Waals surface area contributed by atoms with Crippen LogP contribution < -0.4 is 5.32 Å². The third kappa shape index (κ3) is 3.98. The molecule has 1 N–H and O–H groups in total. The van der Waals surface area contributed by atoms with Crippen molar-refractivity contribution in [1.82, 2.24) is 0 Å². The van der Waals surface area contributed by atoms with Crippen LogP contribution in [0.1, 0.15) is 19.4 Å². The summed E-state index contributed by atoms with van der Waals surface area (Å²) < 4.78 is 18.3. The lowest BCUT2D eigenvalue weighted by Crippen LogP contribution is -2.20. The van der Waals surface area contributed by atoms with Gasteiger partial charge < -0.3 is 10.1 Å². The van der Waals surface area contributed by atoms with Crippen molar-refractivity contribution >= 4 is 11.6 Å². The monoisotopic (exact) mass is 225 g/mol. The van der Waals surface area contributed by atoms with E-state index in [9.17, 15) is 9.18 Å². The van der Waals surface area contributed by atoms with Crippen molar-refractivity contribution in [1.29, 1.82) is 0 Å². The Kier molecular flexibility index (Phi) is 4.43. The molecule has 1 amide bonds. The smallest absolute Gasteiger partial charge is 0.250 e. The van der Waals surface area contributed by atoms with Crippen molar-refractivity contribution in [2.24, 2.45) is 0 Å². The fourth-order valence-corrected chi connectivity index (χ4v) is 1.11. The van der Waals surface area contributed by atoms with Gasteiger partial charge in [-0.15, -0.1) is 0 Å². The molecule has 0 saturated carbocycles. The van der Waals surface area contributed by atoms with Gasteiger partial charge >= 0.3 is 0 Å². The van der Waals surface area contributed by atoms with Gasteiger partial charge in [0.25, 0.3) is 0 Å². The second-order valence-electron chi connectivity index (χ2n) is 3.87. The van der Waals surface area contributed by atoms with Crippen LogP contribution in [-0.4, -0.2) is 18.6 Å². The molecule has 0 bridgehead atoms. The molecule has 0 aromatic heterocycles. The van der Waals surface area contributed by atoms with E-state index >= 15 is 0 Å². The van der Waals surface area contributed by atoms with Gasteiger partial charge in [-0.25, -0.2) is 4.39 Å². The molecule has 0 unspecified atom stereocenters. The molecule has 0 saturated heterocycles. The summed E-state index contributed by atoms with van der Waals surface area (Å²) in [5.41, 5.74) is 0.997. The highest BCUT2D eigenvalue weighted by Gasteiger charge is 2.05. The zero-order valence-electron chi connectivity index (χ0n) is 9.71. The van der Waals surface area contributed by atoms with Gasteiger partial charge in [0.05, 0.1) is 6.10 Å². The van der Waals surface area contributed by atoms with Crippen molar-refractivity contribution < 1.29 is 13.9 Å². The van der Waals surface area contributed by atoms with Crippen LogP contribution in [0.15, 0.2) is 18.2 Å². The molecule has 0 atom stereocenters. The molecule has 0 aliphatic carbocycles. The summed E-state index contributed by atoms with van der Waals surface area (Å²) in [6, 6.07) is 4.57. The van der Waals surface area contributed by atoms with Crippen molar-refractivity contribution in [3.05, 3.63) is 29.6 Å². The first-order valence-electron chi connectivity index (χ1n) is 5.16. The van der Waals surface area contributed by atoms with E-state index in [1.54, 1.807) is 19.1 Å². The number of carbonyl (C=O) groups excluding carboxylic acids is 1. The maximum Gasteiger partial charge on any atom is 0.250 e. The third-order valence-electron chi connectivity index (χ3n) is 2.00. The van der Waals surface area contributed by atoms with Crippen molar-refractivity contribution in [2.75, 3.05) is 11.9 Å². The third-order valence-corrected chi connectivity index (χ3v) is 2.00. The number of carbonyl (C=O) groups is 1. The first kappa shape index (κ1) is 12.6. The second kappa shape index (κ2) is 5.61. The first-order valence-corrected chi connectivity index (χ1v) is 5.16. The second-order valence-corrected chi connectivity index (χ2v) is 3.87. The lowest BCUT2D eigenvalue weighted by atomic mass is 10.2. The van der Waals surface area contributed by atoms with E-state index in [1.165, 1.54) is 6.07 Å². The van der Waals surface area contributed by atoms with Crippen molar-refractivity contribution in [3.8, 4) is 0 Å². The van der Waals surface area contributed by atoms with Crippen LogP contribution in [0.5, 0.6) is 0 Å². The molecule has 3 nitrogen and oxygen atoms in total. The molecule has 16 heavy (non-hydrogen) atoms. The molecule has 1 aromatic carbocycles. The van der Waals surface area contributed by atoms with Crippen LogP contribution in [0.2, 0.25) is 0 Å². The Balaban J connectivity index is 2.53. The minimum atomic E-state index is -0.331. The quantitative estimate of drug-likeness (QED) is 0.855. The zero-order chi connectivity index (χ0) is 12.1. The van der Waals surface area contributed by atoms with E-state index in [0.29, 0.717) is 11.3 Å². The highest BCUT2D eigenvalue weighted by molar-refractivity contribution is 5.91. The van der Waals surface area contributed by atoms with Gasteiger partial charge in [0.2, 0.25) is 5.91 Å². The average molecular weight is 225 g/mol. The molecule has 1 aromatic rings. The summed E-state index contributed by atoms with van der Waals surface area (Å²) in [5.74, 6) is -0.612. The predicted octanol–water partition coefficient (Wildman–Crippen LogP) is 2.50. The number of nitrogens with one attached hydrogen (secondary N) is 1. The summed E-state index contributed by atoms with van der Waals surface area (Å²) >= 11 is 0. The Labute approximate surface area is 94.6 Å². The van der Waals surface area contributed by atoms with Crippen LogP contribution >= 0.6 is 0 Å². The molecular weight excluding hydrogens is 209 g/mol. The zero-order valence-corrected chi connectivity index (χ0v) is 9.71. The van der Waals surface area contributed by atoms with E-state index in [-0.39, 0.29) is 24.4 Å². The summed E-state index contributed by atoms with van der Waals surface area (Å²) in [5, 5.41) is 2.56. The minimum Gasteiger partial charge on any atom is -0.369 e. The highest BCUT2D eigenvalue weighted by Crippen LogP contribution is 2.13.